The van der Waals surface area contributed by atoms with E-state index in [0.29, 0.717) is 37.7 Å². The van der Waals surface area contributed by atoms with Crippen LogP contribution in [0, 0.1) is 12.7 Å². The minimum atomic E-state index is -3.81. The molecule has 2 aromatic carbocycles. The number of halogens is 1. The molecule has 32 heavy (non-hydrogen) atoms. The van der Waals surface area contributed by atoms with Crippen LogP contribution in [-0.2, 0) is 20.7 Å². The fourth-order valence-corrected chi connectivity index (χ4v) is 5.75. The van der Waals surface area contributed by atoms with Gasteiger partial charge in [0.1, 0.15) is 5.01 Å². The summed E-state index contributed by atoms with van der Waals surface area (Å²) in [6.07, 6.45) is 2.53. The van der Waals surface area contributed by atoms with Gasteiger partial charge in [0.25, 0.3) is 10.1 Å². The van der Waals surface area contributed by atoms with E-state index in [2.05, 4.69) is 15.0 Å². The molecular formula is C21H18FN3O5S2. The second-order valence-corrected chi connectivity index (χ2v) is 10.4. The first-order valence-corrected chi connectivity index (χ1v) is 12.2. The van der Waals surface area contributed by atoms with Gasteiger partial charge in [-0.25, -0.2) is 23.5 Å². The van der Waals surface area contributed by atoms with E-state index in [-0.39, 0.29) is 12.2 Å². The summed E-state index contributed by atoms with van der Waals surface area (Å²) in [6.45, 7) is 3.41. The maximum atomic E-state index is 14.8. The number of ether oxygens (including phenoxy) is 2. The summed E-state index contributed by atoms with van der Waals surface area (Å²) in [6, 6.07) is 5.14. The summed E-state index contributed by atoms with van der Waals surface area (Å²) < 4.78 is 54.7. The predicted octanol–water partition coefficient (Wildman–Crippen LogP) is 3.99. The van der Waals surface area contributed by atoms with Crippen LogP contribution < -0.4 is 9.47 Å². The number of rotatable bonds is 4. The summed E-state index contributed by atoms with van der Waals surface area (Å²) in [4.78, 5) is 13.6. The van der Waals surface area contributed by atoms with Gasteiger partial charge in [0, 0.05) is 30.5 Å². The van der Waals surface area contributed by atoms with Gasteiger partial charge in [-0.3, -0.25) is 0 Å². The van der Waals surface area contributed by atoms with Crippen LogP contribution in [0.1, 0.15) is 18.1 Å². The van der Waals surface area contributed by atoms with Crippen molar-refractivity contribution < 1.29 is 26.5 Å². The average Bonchev–Trinajstić information content (AvgIpc) is 3.26. The largest absolute Gasteiger partial charge is 0.480 e. The van der Waals surface area contributed by atoms with Crippen molar-refractivity contribution in [3.63, 3.8) is 0 Å². The zero-order chi connectivity index (χ0) is 22.8. The number of methoxy groups -OCH3 is 1. The maximum absolute atomic E-state index is 14.8. The van der Waals surface area contributed by atoms with Crippen LogP contribution in [0.4, 0.5) is 4.39 Å². The zero-order valence-electron chi connectivity index (χ0n) is 17.6. The summed E-state index contributed by atoms with van der Waals surface area (Å²) >= 11 is 1.35. The molecule has 8 nitrogen and oxygen atoms in total. The van der Waals surface area contributed by atoms with Crippen molar-refractivity contribution in [3.8, 4) is 22.2 Å². The van der Waals surface area contributed by atoms with Gasteiger partial charge in [-0.2, -0.15) is 8.42 Å². The van der Waals surface area contributed by atoms with Crippen molar-refractivity contribution in [1.29, 1.82) is 0 Å². The van der Waals surface area contributed by atoms with Gasteiger partial charge < -0.3 is 9.47 Å². The SMILES string of the molecule is COc1cnc2c(-c3nc4cc(F)c5c(c4s3)CC(C)(OS(C)(=O)=O)O5)cc(C)cc2n1. The highest BCUT2D eigenvalue weighted by Crippen LogP contribution is 2.46. The Balaban J connectivity index is 1.67. The standard InChI is InChI=1S/C21H18FN3O5S2/c1-10-5-11(17-14(6-10)24-16(28-3)9-23-17)20-25-15-7-13(22)18-12(19(15)31-20)8-21(2,29-18)30-32(4,26)27/h5-7,9H,8H2,1-4H3. The van der Waals surface area contributed by atoms with Crippen LogP contribution in [0.25, 0.3) is 31.8 Å². The summed E-state index contributed by atoms with van der Waals surface area (Å²) in [5.74, 6) is -1.75. The highest BCUT2D eigenvalue weighted by atomic mass is 32.2. The molecule has 0 amide bonds. The third-order valence-corrected chi connectivity index (χ3v) is 6.85. The molecule has 166 valence electrons. The van der Waals surface area contributed by atoms with Gasteiger partial charge in [0.15, 0.2) is 11.6 Å². The monoisotopic (exact) mass is 475 g/mol. The van der Waals surface area contributed by atoms with Crippen molar-refractivity contribution in [2.75, 3.05) is 13.4 Å². The van der Waals surface area contributed by atoms with E-state index in [9.17, 15) is 12.8 Å². The van der Waals surface area contributed by atoms with Gasteiger partial charge in [-0.1, -0.05) is 0 Å². The second-order valence-electron chi connectivity index (χ2n) is 7.83. The van der Waals surface area contributed by atoms with Crippen LogP contribution in [0.3, 0.4) is 0 Å². The van der Waals surface area contributed by atoms with E-state index in [4.69, 9.17) is 13.7 Å². The van der Waals surface area contributed by atoms with Crippen LogP contribution >= 0.6 is 11.3 Å². The lowest BCUT2D eigenvalue weighted by Crippen LogP contribution is -2.36. The van der Waals surface area contributed by atoms with E-state index in [1.165, 1.54) is 37.6 Å². The van der Waals surface area contributed by atoms with Gasteiger partial charge in [-0.15, -0.1) is 11.3 Å². The molecule has 3 heterocycles. The molecule has 0 aliphatic carbocycles. The smallest absolute Gasteiger partial charge is 0.267 e. The first-order chi connectivity index (χ1) is 15.0. The molecule has 0 spiro atoms. The summed E-state index contributed by atoms with van der Waals surface area (Å²) in [5.41, 5.74) is 4.01. The Hall–Kier alpha value is -2.89. The number of nitrogens with zero attached hydrogens (tertiary/aromatic N) is 3. The molecule has 2 aromatic heterocycles. The van der Waals surface area contributed by atoms with E-state index < -0.39 is 21.7 Å². The lowest BCUT2D eigenvalue weighted by molar-refractivity contribution is -0.0758. The zero-order valence-corrected chi connectivity index (χ0v) is 19.2. The molecule has 0 bridgehead atoms. The van der Waals surface area contributed by atoms with E-state index in [0.717, 1.165) is 17.4 Å². The molecule has 1 aliphatic rings. The minimum absolute atomic E-state index is 0.0162. The quantitative estimate of drug-likeness (QED) is 0.409. The first-order valence-electron chi connectivity index (χ1n) is 9.58. The molecular weight excluding hydrogens is 457 g/mol. The van der Waals surface area contributed by atoms with Gasteiger partial charge in [0.05, 0.1) is 40.8 Å². The summed E-state index contributed by atoms with van der Waals surface area (Å²) in [5, 5.41) is 0.638. The molecule has 0 N–H and O–H groups in total. The molecule has 0 saturated carbocycles. The van der Waals surface area contributed by atoms with Crippen molar-refractivity contribution in [2.24, 2.45) is 0 Å². The molecule has 1 aliphatic heterocycles. The third-order valence-electron chi connectivity index (χ3n) is 5.03. The normalized spacial score (nSPS) is 18.2. The molecule has 0 fully saturated rings. The minimum Gasteiger partial charge on any atom is -0.480 e. The lowest BCUT2D eigenvalue weighted by atomic mass is 10.1. The van der Waals surface area contributed by atoms with Crippen molar-refractivity contribution >= 4 is 42.7 Å². The number of hydrogen-bond donors (Lipinski definition) is 0. The fourth-order valence-electron chi connectivity index (χ4n) is 3.91. The Kier molecular flexibility index (Phi) is 4.63. The number of thiazole rings is 1. The first kappa shape index (κ1) is 21.0. The fraction of sp³-hybridized carbons (Fsp3) is 0.286. The second kappa shape index (κ2) is 7.06. The number of fused-ring (bicyclic) bond motifs is 4. The van der Waals surface area contributed by atoms with Crippen LogP contribution in [0.2, 0.25) is 0 Å². The van der Waals surface area contributed by atoms with Crippen molar-refractivity contribution in [3.05, 3.63) is 41.3 Å². The highest BCUT2D eigenvalue weighted by molar-refractivity contribution is 7.86. The van der Waals surface area contributed by atoms with E-state index in [1.54, 1.807) is 0 Å². The van der Waals surface area contributed by atoms with Crippen LogP contribution in [0.15, 0.2) is 24.4 Å². The molecule has 5 rings (SSSR count). The molecule has 1 atom stereocenters. The molecule has 11 heteroatoms. The molecule has 1 unspecified atom stereocenters. The Labute approximate surface area is 187 Å². The molecule has 0 saturated heterocycles. The maximum Gasteiger partial charge on any atom is 0.267 e. The molecule has 0 radical (unpaired) electrons. The van der Waals surface area contributed by atoms with Crippen molar-refractivity contribution in [1.82, 2.24) is 15.0 Å². The van der Waals surface area contributed by atoms with E-state index >= 15 is 0 Å². The Bertz CT molecular complexity index is 1520. The van der Waals surface area contributed by atoms with Crippen LogP contribution in [-0.4, -0.2) is 42.5 Å². The van der Waals surface area contributed by atoms with Gasteiger partial charge in [-0.05, 0) is 24.6 Å². The average molecular weight is 476 g/mol. The Morgan fingerprint density at radius 3 is 2.72 bits per heavy atom. The lowest BCUT2D eigenvalue weighted by Gasteiger charge is -2.22. The number of aromatic nitrogens is 3. The number of hydrogen-bond acceptors (Lipinski definition) is 9. The number of aryl methyl sites for hydroxylation is 1. The number of benzene rings is 2. The predicted molar refractivity (Wildman–Crippen MR) is 118 cm³/mol. The third kappa shape index (κ3) is 3.55. The summed E-state index contributed by atoms with van der Waals surface area (Å²) in [7, 11) is -2.28. The topological polar surface area (TPSA) is 101 Å². The van der Waals surface area contributed by atoms with E-state index in [1.807, 2.05) is 19.1 Å². The van der Waals surface area contributed by atoms with Gasteiger partial charge in [0.2, 0.25) is 11.7 Å². The highest BCUT2D eigenvalue weighted by Gasteiger charge is 2.42. The van der Waals surface area contributed by atoms with Gasteiger partial charge >= 0.3 is 0 Å². The van der Waals surface area contributed by atoms with Crippen molar-refractivity contribution in [2.45, 2.75) is 26.1 Å². The van der Waals surface area contributed by atoms with Crippen LogP contribution in [0.5, 0.6) is 11.6 Å². The Morgan fingerprint density at radius 2 is 2.00 bits per heavy atom. The Morgan fingerprint density at radius 1 is 1.22 bits per heavy atom. The molecule has 4 aromatic rings.